The summed E-state index contributed by atoms with van der Waals surface area (Å²) in [4.78, 5) is 21.7. The van der Waals surface area contributed by atoms with E-state index in [2.05, 4.69) is 15.3 Å². The van der Waals surface area contributed by atoms with E-state index in [-0.39, 0.29) is 23.6 Å². The minimum Gasteiger partial charge on any atom is -0.382 e. The first-order valence-electron chi connectivity index (χ1n) is 10.3. The number of alkyl halides is 3. The second-order valence-electron chi connectivity index (χ2n) is 7.87. The third-order valence-corrected chi connectivity index (χ3v) is 6.00. The Balaban J connectivity index is 1.64. The number of amides is 1. The third kappa shape index (κ3) is 4.59. The standard InChI is InChI=1S/C22H22ClF3N4O2/c1-32-11-19(21(31)29-15-4-2-3-5-15)30-12-28-18-8-13(10-27-20(18)30)16-7-6-14(9-17(16)23)22(24,25)26/h6-10,12,15,19H,2-5,11H2,1H3,(H,29,31)/t19-/m0/s1. The summed E-state index contributed by atoms with van der Waals surface area (Å²) in [5.74, 6) is -0.158. The molecule has 0 unspecified atom stereocenters. The first kappa shape index (κ1) is 22.5. The van der Waals surface area contributed by atoms with Crippen LogP contribution in [0.2, 0.25) is 5.02 Å². The number of hydrogen-bond donors (Lipinski definition) is 1. The number of ether oxygens (including phenoxy) is 1. The molecule has 1 aliphatic carbocycles. The molecule has 0 radical (unpaired) electrons. The summed E-state index contributed by atoms with van der Waals surface area (Å²) < 4.78 is 45.7. The molecular formula is C22H22ClF3N4O2. The van der Waals surface area contributed by atoms with Gasteiger partial charge >= 0.3 is 6.18 Å². The molecule has 0 spiro atoms. The highest BCUT2D eigenvalue weighted by molar-refractivity contribution is 6.33. The van der Waals surface area contributed by atoms with E-state index in [0.717, 1.165) is 37.8 Å². The molecule has 4 rings (SSSR count). The van der Waals surface area contributed by atoms with Crippen molar-refractivity contribution < 1.29 is 22.7 Å². The third-order valence-electron chi connectivity index (χ3n) is 5.68. The van der Waals surface area contributed by atoms with Crippen molar-refractivity contribution in [3.63, 3.8) is 0 Å². The van der Waals surface area contributed by atoms with Gasteiger partial charge in [0.2, 0.25) is 5.91 Å². The van der Waals surface area contributed by atoms with Crippen LogP contribution < -0.4 is 5.32 Å². The second kappa shape index (κ2) is 9.07. The van der Waals surface area contributed by atoms with Crippen molar-refractivity contribution in [1.82, 2.24) is 19.9 Å². The van der Waals surface area contributed by atoms with Crippen LogP contribution in [0, 0.1) is 0 Å². The van der Waals surface area contributed by atoms with Gasteiger partial charge in [0.15, 0.2) is 5.65 Å². The largest absolute Gasteiger partial charge is 0.416 e. The van der Waals surface area contributed by atoms with Gasteiger partial charge in [-0.3, -0.25) is 4.79 Å². The molecule has 1 saturated carbocycles. The van der Waals surface area contributed by atoms with Crippen molar-refractivity contribution in [3.8, 4) is 11.1 Å². The van der Waals surface area contributed by atoms with Crippen LogP contribution in [0.5, 0.6) is 0 Å². The van der Waals surface area contributed by atoms with E-state index in [1.807, 2.05) is 0 Å². The van der Waals surface area contributed by atoms with Gasteiger partial charge in [-0.2, -0.15) is 13.2 Å². The lowest BCUT2D eigenvalue weighted by molar-refractivity contribution is -0.137. The van der Waals surface area contributed by atoms with Crippen molar-refractivity contribution in [2.45, 2.75) is 43.9 Å². The van der Waals surface area contributed by atoms with Gasteiger partial charge < -0.3 is 14.6 Å². The Morgan fingerprint density at radius 3 is 2.69 bits per heavy atom. The van der Waals surface area contributed by atoms with E-state index in [0.29, 0.717) is 22.3 Å². The van der Waals surface area contributed by atoms with E-state index < -0.39 is 17.8 Å². The molecule has 3 aromatic rings. The first-order chi connectivity index (χ1) is 15.3. The lowest BCUT2D eigenvalue weighted by atomic mass is 10.0. The number of nitrogens with zero attached hydrogens (tertiary/aromatic N) is 3. The minimum atomic E-state index is -4.47. The van der Waals surface area contributed by atoms with Gasteiger partial charge in [-0.15, -0.1) is 0 Å². The summed E-state index contributed by atoms with van der Waals surface area (Å²) in [6, 6.07) is 4.39. The number of benzene rings is 1. The molecule has 32 heavy (non-hydrogen) atoms. The Kier molecular flexibility index (Phi) is 6.39. The van der Waals surface area contributed by atoms with Crippen molar-refractivity contribution in [2.75, 3.05) is 13.7 Å². The zero-order valence-corrected chi connectivity index (χ0v) is 18.1. The molecule has 2 aromatic heterocycles. The van der Waals surface area contributed by atoms with E-state index in [1.165, 1.54) is 25.7 Å². The normalized spacial score (nSPS) is 15.9. The van der Waals surface area contributed by atoms with Crippen molar-refractivity contribution in [3.05, 3.63) is 47.4 Å². The monoisotopic (exact) mass is 466 g/mol. The number of hydrogen-bond acceptors (Lipinski definition) is 4. The number of fused-ring (bicyclic) bond motifs is 1. The topological polar surface area (TPSA) is 69.0 Å². The predicted molar refractivity (Wildman–Crippen MR) is 114 cm³/mol. The van der Waals surface area contributed by atoms with Gasteiger partial charge in [0, 0.05) is 35.5 Å². The summed E-state index contributed by atoms with van der Waals surface area (Å²) in [6.07, 6.45) is 2.69. The van der Waals surface area contributed by atoms with Crippen molar-refractivity contribution in [1.29, 1.82) is 0 Å². The Hall–Kier alpha value is -2.65. The smallest absolute Gasteiger partial charge is 0.382 e. The average Bonchev–Trinajstić information content (AvgIpc) is 3.40. The van der Waals surface area contributed by atoms with Crippen molar-refractivity contribution >= 4 is 28.7 Å². The quantitative estimate of drug-likeness (QED) is 0.554. The van der Waals surface area contributed by atoms with Gasteiger partial charge in [-0.05, 0) is 31.0 Å². The van der Waals surface area contributed by atoms with Crippen LogP contribution in [-0.2, 0) is 15.7 Å². The molecule has 1 aliphatic rings. The van der Waals surface area contributed by atoms with Gasteiger partial charge in [0.25, 0.3) is 0 Å². The SMILES string of the molecule is COC[C@@H](C(=O)NC1CCCC1)n1cnc2cc(-c3ccc(C(F)(F)F)cc3Cl)cnc21. The van der Waals surface area contributed by atoms with E-state index in [1.54, 1.807) is 10.6 Å². The van der Waals surface area contributed by atoms with Crippen LogP contribution in [-0.4, -0.2) is 40.2 Å². The van der Waals surface area contributed by atoms with Gasteiger partial charge in [-0.1, -0.05) is 30.5 Å². The maximum Gasteiger partial charge on any atom is 0.416 e. The molecule has 0 saturated heterocycles. The highest BCUT2D eigenvalue weighted by Gasteiger charge is 2.31. The highest BCUT2D eigenvalue weighted by atomic mass is 35.5. The first-order valence-corrected chi connectivity index (χ1v) is 10.6. The minimum absolute atomic E-state index is 0.0337. The van der Waals surface area contributed by atoms with Crippen LogP contribution in [0.15, 0.2) is 36.8 Å². The fourth-order valence-electron chi connectivity index (χ4n) is 4.03. The van der Waals surface area contributed by atoms with Crippen LogP contribution in [0.4, 0.5) is 13.2 Å². The lowest BCUT2D eigenvalue weighted by Gasteiger charge is -2.20. The number of nitrogens with one attached hydrogen (secondary N) is 1. The Morgan fingerprint density at radius 2 is 2.03 bits per heavy atom. The molecule has 170 valence electrons. The molecule has 1 aromatic carbocycles. The zero-order chi connectivity index (χ0) is 22.9. The number of pyridine rings is 1. The molecule has 1 atom stereocenters. The number of carbonyl (C=O) groups excluding carboxylic acids is 1. The van der Waals surface area contributed by atoms with Crippen LogP contribution in [0.1, 0.15) is 37.3 Å². The molecule has 1 amide bonds. The Bertz CT molecular complexity index is 1130. The summed E-state index contributed by atoms with van der Waals surface area (Å²) in [6.45, 7) is 0.151. The summed E-state index contributed by atoms with van der Waals surface area (Å²) in [5.41, 5.74) is 1.09. The number of aromatic nitrogens is 3. The molecular weight excluding hydrogens is 445 g/mol. The van der Waals surface area contributed by atoms with Gasteiger partial charge in [0.05, 0.1) is 18.5 Å². The van der Waals surface area contributed by atoms with E-state index in [9.17, 15) is 18.0 Å². The number of rotatable bonds is 6. The van der Waals surface area contributed by atoms with Crippen LogP contribution >= 0.6 is 11.6 Å². The van der Waals surface area contributed by atoms with Crippen molar-refractivity contribution in [2.24, 2.45) is 0 Å². The molecule has 0 aliphatic heterocycles. The molecule has 1 N–H and O–H groups in total. The second-order valence-corrected chi connectivity index (χ2v) is 8.28. The fourth-order valence-corrected chi connectivity index (χ4v) is 4.32. The number of carbonyl (C=O) groups is 1. The predicted octanol–water partition coefficient (Wildman–Crippen LogP) is 5.02. The summed E-state index contributed by atoms with van der Waals surface area (Å²) in [7, 11) is 1.52. The van der Waals surface area contributed by atoms with Gasteiger partial charge in [-0.25, -0.2) is 9.97 Å². The Morgan fingerprint density at radius 1 is 1.28 bits per heavy atom. The fraction of sp³-hybridized carbons (Fsp3) is 0.409. The Labute approximate surface area is 187 Å². The van der Waals surface area contributed by atoms with Gasteiger partial charge in [0.1, 0.15) is 11.6 Å². The number of halogens is 4. The van der Waals surface area contributed by atoms with E-state index >= 15 is 0 Å². The highest BCUT2D eigenvalue weighted by Crippen LogP contribution is 2.36. The lowest BCUT2D eigenvalue weighted by Crippen LogP contribution is -2.40. The summed E-state index contributed by atoms with van der Waals surface area (Å²) >= 11 is 6.12. The zero-order valence-electron chi connectivity index (χ0n) is 17.3. The average molecular weight is 467 g/mol. The maximum absolute atomic E-state index is 12.9. The molecule has 6 nitrogen and oxygen atoms in total. The number of methoxy groups -OCH3 is 1. The maximum atomic E-state index is 12.9. The molecule has 0 bridgehead atoms. The molecule has 2 heterocycles. The van der Waals surface area contributed by atoms with Crippen LogP contribution in [0.25, 0.3) is 22.3 Å². The van der Waals surface area contributed by atoms with Crippen LogP contribution in [0.3, 0.4) is 0 Å². The van der Waals surface area contributed by atoms with E-state index in [4.69, 9.17) is 16.3 Å². The number of imidazole rings is 1. The molecule has 10 heteroatoms. The molecule has 1 fully saturated rings. The summed E-state index contributed by atoms with van der Waals surface area (Å²) in [5, 5.41) is 3.04.